The first kappa shape index (κ1) is 19.8. The highest BCUT2D eigenvalue weighted by molar-refractivity contribution is 5.95. The summed E-state index contributed by atoms with van der Waals surface area (Å²) in [5, 5.41) is 4.65. The van der Waals surface area contributed by atoms with Gasteiger partial charge in [0.05, 0.1) is 0 Å². The zero-order valence-corrected chi connectivity index (χ0v) is 16.1. The van der Waals surface area contributed by atoms with E-state index in [-0.39, 0.29) is 23.9 Å². The standard InChI is InChI=1S/C20H25N5O3/c1-15-7-8-24(19(27)13-15)14-18(26)21-17-5-3-16(4-6-17)20(28)22-25-11-9-23(2)10-12-25/h3-8,13H,9-12,14H2,1-2H3,(H,21,26)(H,22,28). The Hall–Kier alpha value is -2.97. The Kier molecular flexibility index (Phi) is 6.23. The highest BCUT2D eigenvalue weighted by atomic mass is 16.2. The largest absolute Gasteiger partial charge is 0.325 e. The maximum Gasteiger partial charge on any atom is 0.265 e. The van der Waals surface area contributed by atoms with Crippen molar-refractivity contribution in [1.82, 2.24) is 19.9 Å². The molecule has 1 aromatic heterocycles. The zero-order chi connectivity index (χ0) is 20.1. The van der Waals surface area contributed by atoms with E-state index in [2.05, 4.69) is 22.7 Å². The SMILES string of the molecule is Cc1ccn(CC(=O)Nc2ccc(C(=O)NN3CCN(C)CC3)cc2)c(=O)c1. The first-order valence-electron chi connectivity index (χ1n) is 9.22. The van der Waals surface area contributed by atoms with Crippen molar-refractivity contribution in [1.29, 1.82) is 0 Å². The normalized spacial score (nSPS) is 15.2. The molecule has 1 saturated heterocycles. The number of amides is 2. The molecule has 2 heterocycles. The summed E-state index contributed by atoms with van der Waals surface area (Å²) in [5.74, 6) is -0.478. The number of likely N-dealkylation sites (N-methyl/N-ethyl adjacent to an activating group) is 1. The predicted octanol–water partition coefficient (Wildman–Crippen LogP) is 0.688. The number of hydrogen-bond donors (Lipinski definition) is 2. The van der Waals surface area contributed by atoms with Crippen molar-refractivity contribution in [2.45, 2.75) is 13.5 Å². The number of hydrogen-bond acceptors (Lipinski definition) is 5. The summed E-state index contributed by atoms with van der Waals surface area (Å²) < 4.78 is 1.35. The number of piperazine rings is 1. The fourth-order valence-electron chi connectivity index (χ4n) is 2.92. The Bertz CT molecular complexity index is 899. The number of rotatable bonds is 5. The van der Waals surface area contributed by atoms with Crippen LogP contribution in [0.3, 0.4) is 0 Å². The predicted molar refractivity (Wildman–Crippen MR) is 107 cm³/mol. The summed E-state index contributed by atoms with van der Waals surface area (Å²) in [6.45, 7) is 5.16. The fourth-order valence-corrected chi connectivity index (χ4v) is 2.92. The molecule has 1 aliphatic heterocycles. The van der Waals surface area contributed by atoms with Gasteiger partial charge in [-0.05, 0) is 49.9 Å². The third kappa shape index (κ3) is 5.28. The van der Waals surface area contributed by atoms with Crippen LogP contribution in [0.25, 0.3) is 0 Å². The highest BCUT2D eigenvalue weighted by Crippen LogP contribution is 2.10. The number of pyridine rings is 1. The number of carbonyl (C=O) groups is 2. The molecule has 1 fully saturated rings. The average molecular weight is 383 g/mol. The maximum absolute atomic E-state index is 12.3. The molecule has 1 aromatic carbocycles. The Morgan fingerprint density at radius 1 is 1.04 bits per heavy atom. The van der Waals surface area contributed by atoms with Crippen molar-refractivity contribution in [2.24, 2.45) is 0 Å². The van der Waals surface area contributed by atoms with E-state index in [1.54, 1.807) is 36.5 Å². The van der Waals surface area contributed by atoms with Crippen molar-refractivity contribution in [2.75, 3.05) is 38.5 Å². The molecule has 3 rings (SSSR count). The highest BCUT2D eigenvalue weighted by Gasteiger charge is 2.16. The number of aromatic nitrogens is 1. The van der Waals surface area contributed by atoms with Crippen LogP contribution in [-0.2, 0) is 11.3 Å². The molecular weight excluding hydrogens is 358 g/mol. The number of nitrogens with one attached hydrogen (secondary N) is 2. The number of benzene rings is 1. The van der Waals surface area contributed by atoms with E-state index in [1.165, 1.54) is 10.6 Å². The topological polar surface area (TPSA) is 86.7 Å². The molecule has 148 valence electrons. The number of anilines is 1. The molecule has 0 radical (unpaired) electrons. The van der Waals surface area contributed by atoms with Gasteiger partial charge in [-0.1, -0.05) is 0 Å². The Balaban J connectivity index is 1.54. The second-order valence-corrected chi connectivity index (χ2v) is 7.03. The average Bonchev–Trinajstić information content (AvgIpc) is 2.66. The van der Waals surface area contributed by atoms with E-state index in [0.717, 1.165) is 31.7 Å². The first-order chi connectivity index (χ1) is 13.4. The van der Waals surface area contributed by atoms with Crippen molar-refractivity contribution in [3.05, 3.63) is 64.1 Å². The monoisotopic (exact) mass is 383 g/mol. The lowest BCUT2D eigenvalue weighted by Crippen LogP contribution is -2.52. The van der Waals surface area contributed by atoms with Crippen LogP contribution in [-0.4, -0.2) is 59.5 Å². The van der Waals surface area contributed by atoms with E-state index in [9.17, 15) is 14.4 Å². The Labute approximate surface area is 163 Å². The van der Waals surface area contributed by atoms with Gasteiger partial charge in [-0.2, -0.15) is 0 Å². The van der Waals surface area contributed by atoms with Gasteiger partial charge in [0, 0.05) is 49.7 Å². The van der Waals surface area contributed by atoms with Gasteiger partial charge in [-0.3, -0.25) is 19.8 Å². The van der Waals surface area contributed by atoms with Gasteiger partial charge in [-0.15, -0.1) is 0 Å². The third-order valence-corrected chi connectivity index (χ3v) is 4.66. The molecule has 8 heteroatoms. The molecule has 0 saturated carbocycles. The minimum atomic E-state index is -0.305. The number of aryl methyl sites for hydroxylation is 1. The summed E-state index contributed by atoms with van der Waals surface area (Å²) in [7, 11) is 2.06. The molecule has 0 unspecified atom stereocenters. The lowest BCUT2D eigenvalue weighted by molar-refractivity contribution is -0.116. The molecule has 0 bridgehead atoms. The van der Waals surface area contributed by atoms with Gasteiger partial charge < -0.3 is 14.8 Å². The molecule has 0 atom stereocenters. The van der Waals surface area contributed by atoms with Gasteiger partial charge in [0.1, 0.15) is 6.54 Å². The van der Waals surface area contributed by atoms with Crippen molar-refractivity contribution in [3.63, 3.8) is 0 Å². The summed E-state index contributed by atoms with van der Waals surface area (Å²) in [6, 6.07) is 9.95. The van der Waals surface area contributed by atoms with Crippen molar-refractivity contribution in [3.8, 4) is 0 Å². The minimum Gasteiger partial charge on any atom is -0.325 e. The molecule has 0 aliphatic carbocycles. The van der Waals surface area contributed by atoms with Crippen LogP contribution in [0.4, 0.5) is 5.69 Å². The molecule has 1 aliphatic rings. The number of nitrogens with zero attached hydrogens (tertiary/aromatic N) is 3. The van der Waals surface area contributed by atoms with Crippen LogP contribution < -0.4 is 16.3 Å². The van der Waals surface area contributed by atoms with Gasteiger partial charge in [0.25, 0.3) is 11.5 Å². The molecule has 28 heavy (non-hydrogen) atoms. The quantitative estimate of drug-likeness (QED) is 0.793. The lowest BCUT2D eigenvalue weighted by atomic mass is 10.2. The molecule has 2 amide bonds. The van der Waals surface area contributed by atoms with E-state index in [0.29, 0.717) is 11.3 Å². The third-order valence-electron chi connectivity index (χ3n) is 4.66. The van der Waals surface area contributed by atoms with Crippen molar-refractivity contribution < 1.29 is 9.59 Å². The van der Waals surface area contributed by atoms with Crippen LogP contribution in [0, 0.1) is 6.92 Å². The first-order valence-corrected chi connectivity index (χ1v) is 9.22. The Morgan fingerprint density at radius 2 is 1.71 bits per heavy atom. The summed E-state index contributed by atoms with van der Waals surface area (Å²) >= 11 is 0. The van der Waals surface area contributed by atoms with E-state index < -0.39 is 0 Å². The van der Waals surface area contributed by atoms with Crippen LogP contribution in [0.5, 0.6) is 0 Å². The smallest absolute Gasteiger partial charge is 0.265 e. The molecule has 2 aromatic rings. The van der Waals surface area contributed by atoms with E-state index >= 15 is 0 Å². The van der Waals surface area contributed by atoms with E-state index in [1.807, 2.05) is 11.9 Å². The number of hydrazine groups is 1. The summed E-state index contributed by atoms with van der Waals surface area (Å²) in [5.41, 5.74) is 4.63. The van der Waals surface area contributed by atoms with Crippen LogP contribution in [0.15, 0.2) is 47.4 Å². The van der Waals surface area contributed by atoms with Crippen molar-refractivity contribution >= 4 is 17.5 Å². The summed E-state index contributed by atoms with van der Waals surface area (Å²) in [6.07, 6.45) is 1.60. The minimum absolute atomic E-state index is 0.0647. The fraction of sp³-hybridized carbons (Fsp3) is 0.350. The molecule has 8 nitrogen and oxygen atoms in total. The van der Waals surface area contributed by atoms with Gasteiger partial charge in [-0.25, -0.2) is 5.01 Å². The molecule has 0 spiro atoms. The Morgan fingerprint density at radius 3 is 2.36 bits per heavy atom. The number of carbonyl (C=O) groups excluding carboxylic acids is 2. The second-order valence-electron chi connectivity index (χ2n) is 7.03. The molecular formula is C20H25N5O3. The van der Waals surface area contributed by atoms with Gasteiger partial charge >= 0.3 is 0 Å². The van der Waals surface area contributed by atoms with Gasteiger partial charge in [0.2, 0.25) is 5.91 Å². The molecule has 2 N–H and O–H groups in total. The second kappa shape index (κ2) is 8.81. The van der Waals surface area contributed by atoms with Gasteiger partial charge in [0.15, 0.2) is 0 Å². The maximum atomic E-state index is 12.3. The van der Waals surface area contributed by atoms with Crippen LogP contribution in [0.2, 0.25) is 0 Å². The van der Waals surface area contributed by atoms with Crippen LogP contribution >= 0.6 is 0 Å². The van der Waals surface area contributed by atoms with Crippen LogP contribution in [0.1, 0.15) is 15.9 Å². The lowest BCUT2D eigenvalue weighted by Gasteiger charge is -2.32. The van der Waals surface area contributed by atoms with E-state index in [4.69, 9.17) is 0 Å². The zero-order valence-electron chi connectivity index (χ0n) is 16.1. The summed E-state index contributed by atoms with van der Waals surface area (Å²) in [4.78, 5) is 38.6.